The van der Waals surface area contributed by atoms with Gasteiger partial charge in [0.2, 0.25) is 0 Å². The lowest BCUT2D eigenvalue weighted by atomic mass is 10.3. The van der Waals surface area contributed by atoms with E-state index in [-0.39, 0.29) is 6.03 Å². The molecule has 0 atom stereocenters. The van der Waals surface area contributed by atoms with Gasteiger partial charge in [-0.05, 0) is 31.0 Å². The van der Waals surface area contributed by atoms with Crippen LogP contribution in [0, 0.1) is 0 Å². The number of benzene rings is 1. The van der Waals surface area contributed by atoms with E-state index in [0.29, 0.717) is 0 Å². The molecule has 0 bridgehead atoms. The average Bonchev–Trinajstić information content (AvgIpc) is 2.99. The van der Waals surface area contributed by atoms with E-state index < -0.39 is 0 Å². The van der Waals surface area contributed by atoms with Crippen molar-refractivity contribution >= 4 is 33.3 Å². The molecule has 3 rings (SSSR count). The highest BCUT2D eigenvalue weighted by Crippen LogP contribution is 2.22. The molecule has 0 unspecified atom stereocenters. The van der Waals surface area contributed by atoms with Gasteiger partial charge in [0, 0.05) is 18.8 Å². The van der Waals surface area contributed by atoms with Crippen molar-refractivity contribution in [2.24, 2.45) is 0 Å². The molecule has 17 heavy (non-hydrogen) atoms. The number of amides is 2. The third kappa shape index (κ3) is 2.10. The lowest BCUT2D eigenvalue weighted by Gasteiger charge is -2.16. The number of thiazole rings is 1. The molecule has 1 aromatic carbocycles. The summed E-state index contributed by atoms with van der Waals surface area (Å²) in [6.45, 7) is 1.74. The van der Waals surface area contributed by atoms with Crippen LogP contribution in [0.3, 0.4) is 0 Å². The minimum Gasteiger partial charge on any atom is -0.325 e. The first-order valence-corrected chi connectivity index (χ1v) is 6.60. The molecule has 2 amide bonds. The number of hydrogen-bond acceptors (Lipinski definition) is 3. The summed E-state index contributed by atoms with van der Waals surface area (Å²) in [4.78, 5) is 18.0. The molecule has 1 aliphatic rings. The maximum atomic E-state index is 11.9. The minimum atomic E-state index is 0.00589. The van der Waals surface area contributed by atoms with Gasteiger partial charge in [0.1, 0.15) is 0 Å². The Morgan fingerprint density at radius 3 is 3.00 bits per heavy atom. The van der Waals surface area contributed by atoms with Crippen LogP contribution in [0.1, 0.15) is 12.8 Å². The molecule has 0 aliphatic carbocycles. The Morgan fingerprint density at radius 2 is 2.18 bits per heavy atom. The molecule has 4 nitrogen and oxygen atoms in total. The second kappa shape index (κ2) is 4.33. The van der Waals surface area contributed by atoms with Crippen molar-refractivity contribution in [3.05, 3.63) is 23.7 Å². The second-order valence-electron chi connectivity index (χ2n) is 4.16. The number of rotatable bonds is 1. The molecular weight excluding hydrogens is 234 g/mol. The van der Waals surface area contributed by atoms with Crippen LogP contribution >= 0.6 is 11.3 Å². The fraction of sp³-hybridized carbons (Fsp3) is 0.333. The van der Waals surface area contributed by atoms with Crippen molar-refractivity contribution in [3.8, 4) is 0 Å². The number of hydrogen-bond donors (Lipinski definition) is 1. The average molecular weight is 247 g/mol. The summed E-state index contributed by atoms with van der Waals surface area (Å²) in [5.74, 6) is 0. The van der Waals surface area contributed by atoms with E-state index in [0.717, 1.165) is 41.8 Å². The van der Waals surface area contributed by atoms with Crippen LogP contribution in [-0.2, 0) is 0 Å². The van der Waals surface area contributed by atoms with E-state index in [1.54, 1.807) is 11.3 Å². The zero-order valence-electron chi connectivity index (χ0n) is 9.35. The molecule has 2 heterocycles. The molecule has 0 radical (unpaired) electrons. The molecule has 88 valence electrons. The summed E-state index contributed by atoms with van der Waals surface area (Å²) < 4.78 is 1.10. The highest BCUT2D eigenvalue weighted by Gasteiger charge is 2.17. The third-order valence-corrected chi connectivity index (χ3v) is 3.77. The Balaban J connectivity index is 1.77. The van der Waals surface area contributed by atoms with Crippen LogP contribution in [0.25, 0.3) is 10.2 Å². The van der Waals surface area contributed by atoms with Gasteiger partial charge in [0.15, 0.2) is 0 Å². The van der Waals surface area contributed by atoms with E-state index in [1.165, 1.54) is 0 Å². The molecule has 1 saturated heterocycles. The number of anilines is 1. The molecule has 1 fully saturated rings. The number of likely N-dealkylation sites (tertiary alicyclic amines) is 1. The smallest absolute Gasteiger partial charge is 0.321 e. The number of nitrogens with one attached hydrogen (secondary N) is 1. The van der Waals surface area contributed by atoms with Gasteiger partial charge in [0.25, 0.3) is 0 Å². The van der Waals surface area contributed by atoms with Gasteiger partial charge < -0.3 is 10.2 Å². The van der Waals surface area contributed by atoms with E-state index in [2.05, 4.69) is 10.3 Å². The van der Waals surface area contributed by atoms with Crippen molar-refractivity contribution in [1.29, 1.82) is 0 Å². The molecule has 2 aromatic rings. The summed E-state index contributed by atoms with van der Waals surface area (Å²) in [5.41, 5.74) is 3.64. The molecular formula is C12H13N3OS. The molecule has 1 N–H and O–H groups in total. The predicted octanol–water partition coefficient (Wildman–Crippen LogP) is 2.92. The van der Waals surface area contributed by atoms with Crippen LogP contribution < -0.4 is 5.32 Å². The fourth-order valence-electron chi connectivity index (χ4n) is 2.06. The fourth-order valence-corrected chi connectivity index (χ4v) is 2.77. The zero-order chi connectivity index (χ0) is 11.7. The first kappa shape index (κ1) is 10.5. The number of carbonyl (C=O) groups excluding carboxylic acids is 1. The van der Waals surface area contributed by atoms with Gasteiger partial charge in [-0.25, -0.2) is 9.78 Å². The SMILES string of the molecule is O=C(Nc1ccc2ncsc2c1)N1CCCC1. The van der Waals surface area contributed by atoms with Gasteiger partial charge in [-0.15, -0.1) is 11.3 Å². The highest BCUT2D eigenvalue weighted by molar-refractivity contribution is 7.16. The lowest BCUT2D eigenvalue weighted by Crippen LogP contribution is -2.32. The Labute approximate surface area is 103 Å². The van der Waals surface area contributed by atoms with E-state index in [9.17, 15) is 4.79 Å². The van der Waals surface area contributed by atoms with Gasteiger partial charge in [-0.3, -0.25) is 0 Å². The van der Waals surface area contributed by atoms with Gasteiger partial charge in [-0.1, -0.05) is 0 Å². The number of urea groups is 1. The summed E-state index contributed by atoms with van der Waals surface area (Å²) in [6.07, 6.45) is 2.22. The largest absolute Gasteiger partial charge is 0.325 e. The van der Waals surface area contributed by atoms with Crippen molar-refractivity contribution < 1.29 is 4.79 Å². The minimum absolute atomic E-state index is 0.00589. The first-order chi connectivity index (χ1) is 8.33. The molecule has 1 aromatic heterocycles. The standard InChI is InChI=1S/C12H13N3OS/c16-12(15-5-1-2-6-15)14-9-3-4-10-11(7-9)17-8-13-10/h3-4,7-8H,1-2,5-6H2,(H,14,16). The monoisotopic (exact) mass is 247 g/mol. The van der Waals surface area contributed by atoms with Crippen LogP contribution in [0.2, 0.25) is 0 Å². The summed E-state index contributed by atoms with van der Waals surface area (Å²) in [5, 5.41) is 2.93. The Bertz CT molecular complexity index is 545. The normalized spacial score (nSPS) is 15.4. The number of aromatic nitrogens is 1. The van der Waals surface area contributed by atoms with Crippen LogP contribution in [-0.4, -0.2) is 29.0 Å². The van der Waals surface area contributed by atoms with E-state index in [4.69, 9.17) is 0 Å². The van der Waals surface area contributed by atoms with Gasteiger partial charge >= 0.3 is 6.03 Å². The van der Waals surface area contributed by atoms with E-state index >= 15 is 0 Å². The number of fused-ring (bicyclic) bond motifs is 1. The van der Waals surface area contributed by atoms with Gasteiger partial charge in [0.05, 0.1) is 15.7 Å². The van der Waals surface area contributed by atoms with Crippen molar-refractivity contribution in [2.45, 2.75) is 12.8 Å². The molecule has 0 saturated carbocycles. The summed E-state index contributed by atoms with van der Waals surface area (Å²) >= 11 is 1.58. The Hall–Kier alpha value is -1.62. The zero-order valence-corrected chi connectivity index (χ0v) is 10.2. The van der Waals surface area contributed by atoms with Crippen LogP contribution in [0.15, 0.2) is 23.7 Å². The summed E-state index contributed by atoms with van der Waals surface area (Å²) in [7, 11) is 0. The number of carbonyl (C=O) groups is 1. The Morgan fingerprint density at radius 1 is 1.35 bits per heavy atom. The van der Waals surface area contributed by atoms with Crippen LogP contribution in [0.5, 0.6) is 0 Å². The maximum Gasteiger partial charge on any atom is 0.321 e. The quantitative estimate of drug-likeness (QED) is 0.842. The summed E-state index contributed by atoms with van der Waals surface area (Å²) in [6, 6.07) is 5.81. The topological polar surface area (TPSA) is 45.2 Å². The van der Waals surface area contributed by atoms with Crippen molar-refractivity contribution in [3.63, 3.8) is 0 Å². The molecule has 5 heteroatoms. The lowest BCUT2D eigenvalue weighted by molar-refractivity contribution is 0.222. The second-order valence-corrected chi connectivity index (χ2v) is 5.05. The molecule has 0 spiro atoms. The van der Waals surface area contributed by atoms with Crippen molar-refractivity contribution in [2.75, 3.05) is 18.4 Å². The first-order valence-electron chi connectivity index (χ1n) is 5.72. The predicted molar refractivity (Wildman–Crippen MR) is 69.4 cm³/mol. The highest BCUT2D eigenvalue weighted by atomic mass is 32.1. The third-order valence-electron chi connectivity index (χ3n) is 2.98. The number of nitrogens with zero attached hydrogens (tertiary/aromatic N) is 2. The van der Waals surface area contributed by atoms with Crippen molar-refractivity contribution in [1.82, 2.24) is 9.88 Å². The van der Waals surface area contributed by atoms with Gasteiger partial charge in [-0.2, -0.15) is 0 Å². The maximum absolute atomic E-state index is 11.9. The Kier molecular flexibility index (Phi) is 2.68. The van der Waals surface area contributed by atoms with Crippen LogP contribution in [0.4, 0.5) is 10.5 Å². The van der Waals surface area contributed by atoms with E-state index in [1.807, 2.05) is 28.6 Å². The molecule has 1 aliphatic heterocycles.